The van der Waals surface area contributed by atoms with E-state index in [1.54, 1.807) is 0 Å². The van der Waals surface area contributed by atoms with Crippen LogP contribution in [0.1, 0.15) is 40.0 Å². The molecule has 0 heterocycles. The van der Waals surface area contributed by atoms with Crippen molar-refractivity contribution in [3.05, 3.63) is 63.7 Å². The van der Waals surface area contributed by atoms with E-state index in [-0.39, 0.29) is 22.7 Å². The highest BCUT2D eigenvalue weighted by atomic mass is 35.5. The van der Waals surface area contributed by atoms with Gasteiger partial charge in [-0.15, -0.1) is 0 Å². The highest BCUT2D eigenvalue weighted by Crippen LogP contribution is 2.25. The molecule has 0 radical (unpaired) electrons. The minimum Gasteiger partial charge on any atom is -0.346 e. The maximum Gasteiger partial charge on any atom is 0.251 e. The maximum absolute atomic E-state index is 12.4. The number of anilines is 1. The first-order valence-corrected chi connectivity index (χ1v) is 9.99. The Labute approximate surface area is 153 Å². The van der Waals surface area contributed by atoms with Crippen molar-refractivity contribution < 1.29 is 13.2 Å². The number of carbonyl (C=O) groups is 1. The van der Waals surface area contributed by atoms with Gasteiger partial charge in [0.25, 0.3) is 5.91 Å². The fourth-order valence-electron chi connectivity index (χ4n) is 2.61. The molecule has 2 aromatic rings. The Kier molecular flexibility index (Phi) is 5.75. The predicted molar refractivity (Wildman–Crippen MR) is 102 cm³/mol. The SMILES string of the molecule is Cc1ccc(C(C)NC(=O)c2ccc(NS(C)(=O)=O)c(Cl)c2)c(C)c1. The van der Waals surface area contributed by atoms with Gasteiger partial charge in [-0.05, 0) is 50.1 Å². The van der Waals surface area contributed by atoms with Crippen LogP contribution in [0.4, 0.5) is 5.69 Å². The number of hydrogen-bond acceptors (Lipinski definition) is 3. The molecular weight excluding hydrogens is 360 g/mol. The first-order chi connectivity index (χ1) is 11.6. The Bertz CT molecular complexity index is 911. The number of amides is 1. The molecule has 0 saturated carbocycles. The largest absolute Gasteiger partial charge is 0.346 e. The first kappa shape index (κ1) is 19.3. The highest BCUT2D eigenvalue weighted by Gasteiger charge is 2.15. The van der Waals surface area contributed by atoms with Crippen molar-refractivity contribution in [2.45, 2.75) is 26.8 Å². The molecule has 2 rings (SSSR count). The molecule has 2 N–H and O–H groups in total. The van der Waals surface area contributed by atoms with Crippen molar-refractivity contribution in [2.24, 2.45) is 0 Å². The summed E-state index contributed by atoms with van der Waals surface area (Å²) in [7, 11) is -3.43. The second-order valence-electron chi connectivity index (χ2n) is 6.12. The highest BCUT2D eigenvalue weighted by molar-refractivity contribution is 7.92. The third kappa shape index (κ3) is 5.21. The van der Waals surface area contributed by atoms with Gasteiger partial charge in [0, 0.05) is 5.56 Å². The van der Waals surface area contributed by atoms with E-state index in [2.05, 4.69) is 16.1 Å². The van der Waals surface area contributed by atoms with Crippen LogP contribution in [0.5, 0.6) is 0 Å². The summed E-state index contributed by atoms with van der Waals surface area (Å²) < 4.78 is 24.9. The predicted octanol–water partition coefficient (Wildman–Crippen LogP) is 3.82. The standard InChI is InChI=1S/C18H21ClN2O3S/c1-11-5-7-15(12(2)9-11)13(3)20-18(22)14-6-8-17(16(19)10-14)21-25(4,23)24/h5-10,13,21H,1-4H3,(H,20,22). The van der Waals surface area contributed by atoms with Gasteiger partial charge in [-0.3, -0.25) is 9.52 Å². The molecule has 0 aromatic heterocycles. The Hall–Kier alpha value is -2.05. The quantitative estimate of drug-likeness (QED) is 0.827. The van der Waals surface area contributed by atoms with E-state index in [0.29, 0.717) is 5.56 Å². The van der Waals surface area contributed by atoms with Crippen molar-refractivity contribution in [2.75, 3.05) is 11.0 Å². The van der Waals surface area contributed by atoms with Crippen molar-refractivity contribution in [1.82, 2.24) is 5.32 Å². The molecule has 0 bridgehead atoms. The summed E-state index contributed by atoms with van der Waals surface area (Å²) in [6.07, 6.45) is 1.04. The number of nitrogens with one attached hydrogen (secondary N) is 2. The van der Waals surface area contributed by atoms with Crippen LogP contribution in [0.15, 0.2) is 36.4 Å². The summed E-state index contributed by atoms with van der Waals surface area (Å²) in [6, 6.07) is 10.4. The van der Waals surface area contributed by atoms with Crippen molar-refractivity contribution in [1.29, 1.82) is 0 Å². The molecule has 25 heavy (non-hydrogen) atoms. The third-order valence-electron chi connectivity index (χ3n) is 3.77. The van der Waals surface area contributed by atoms with Crippen LogP contribution in [0, 0.1) is 13.8 Å². The van der Waals surface area contributed by atoms with Gasteiger partial charge in [-0.25, -0.2) is 8.42 Å². The Morgan fingerprint density at radius 3 is 2.36 bits per heavy atom. The Morgan fingerprint density at radius 2 is 1.80 bits per heavy atom. The molecule has 2 aromatic carbocycles. The molecular formula is C18H21ClN2O3S. The summed E-state index contributed by atoms with van der Waals surface area (Å²) in [5.74, 6) is -0.278. The van der Waals surface area contributed by atoms with Crippen LogP contribution < -0.4 is 10.0 Å². The number of benzene rings is 2. The van der Waals surface area contributed by atoms with Gasteiger partial charge in [0.15, 0.2) is 0 Å². The fraction of sp³-hybridized carbons (Fsp3) is 0.278. The van der Waals surface area contributed by atoms with Gasteiger partial charge in [-0.2, -0.15) is 0 Å². The second kappa shape index (κ2) is 7.45. The van der Waals surface area contributed by atoms with E-state index in [1.807, 2.05) is 32.9 Å². The molecule has 0 aliphatic heterocycles. The maximum atomic E-state index is 12.4. The van der Waals surface area contributed by atoms with E-state index in [0.717, 1.165) is 17.4 Å². The molecule has 1 unspecified atom stereocenters. The molecule has 0 aliphatic rings. The summed E-state index contributed by atoms with van der Waals surface area (Å²) in [4.78, 5) is 12.4. The smallest absolute Gasteiger partial charge is 0.251 e. The Balaban J connectivity index is 2.16. The number of hydrogen-bond donors (Lipinski definition) is 2. The zero-order valence-electron chi connectivity index (χ0n) is 14.6. The topological polar surface area (TPSA) is 75.3 Å². The minimum absolute atomic E-state index is 0.164. The molecule has 134 valence electrons. The van der Waals surface area contributed by atoms with Gasteiger partial charge in [0.1, 0.15) is 0 Å². The number of aryl methyl sites for hydroxylation is 2. The monoisotopic (exact) mass is 380 g/mol. The average Bonchev–Trinajstić information content (AvgIpc) is 2.47. The molecule has 0 spiro atoms. The fourth-order valence-corrected chi connectivity index (χ4v) is 3.47. The van der Waals surface area contributed by atoms with E-state index in [4.69, 9.17) is 11.6 Å². The van der Waals surface area contributed by atoms with Gasteiger partial charge >= 0.3 is 0 Å². The molecule has 7 heteroatoms. The number of carbonyl (C=O) groups excluding carboxylic acids is 1. The van der Waals surface area contributed by atoms with E-state index < -0.39 is 10.0 Å². The van der Waals surface area contributed by atoms with Crippen LogP contribution in [0.25, 0.3) is 0 Å². The lowest BCUT2D eigenvalue weighted by Crippen LogP contribution is -2.27. The van der Waals surface area contributed by atoms with Crippen molar-refractivity contribution >= 4 is 33.2 Å². The summed E-state index contributed by atoms with van der Waals surface area (Å²) in [5, 5.41) is 3.10. The second-order valence-corrected chi connectivity index (χ2v) is 8.28. The molecule has 1 amide bonds. The average molecular weight is 381 g/mol. The van der Waals surface area contributed by atoms with Crippen molar-refractivity contribution in [3.8, 4) is 0 Å². The van der Waals surface area contributed by atoms with Crippen LogP contribution in [-0.2, 0) is 10.0 Å². The number of rotatable bonds is 5. The summed E-state index contributed by atoms with van der Waals surface area (Å²) in [5.41, 5.74) is 3.92. The molecule has 0 fully saturated rings. The zero-order chi connectivity index (χ0) is 18.8. The molecule has 1 atom stereocenters. The number of sulfonamides is 1. The van der Waals surface area contributed by atoms with E-state index in [1.165, 1.54) is 23.8 Å². The molecule has 0 saturated heterocycles. The lowest BCUT2D eigenvalue weighted by atomic mass is 10.00. The molecule has 0 aliphatic carbocycles. The number of halogens is 1. The summed E-state index contributed by atoms with van der Waals surface area (Å²) >= 11 is 6.07. The van der Waals surface area contributed by atoms with Crippen LogP contribution >= 0.6 is 11.6 Å². The molecule has 5 nitrogen and oxygen atoms in total. The minimum atomic E-state index is -3.43. The lowest BCUT2D eigenvalue weighted by molar-refractivity contribution is 0.0940. The third-order valence-corrected chi connectivity index (χ3v) is 4.67. The van der Waals surface area contributed by atoms with Gasteiger partial charge in [0.05, 0.1) is 23.0 Å². The zero-order valence-corrected chi connectivity index (χ0v) is 16.1. The Morgan fingerprint density at radius 1 is 1.12 bits per heavy atom. The first-order valence-electron chi connectivity index (χ1n) is 7.72. The van der Waals surface area contributed by atoms with Gasteiger partial charge < -0.3 is 5.32 Å². The van der Waals surface area contributed by atoms with Gasteiger partial charge in [-0.1, -0.05) is 35.4 Å². The van der Waals surface area contributed by atoms with Gasteiger partial charge in [0.2, 0.25) is 10.0 Å². The normalized spacial score (nSPS) is 12.5. The van der Waals surface area contributed by atoms with E-state index in [9.17, 15) is 13.2 Å². The van der Waals surface area contributed by atoms with Crippen molar-refractivity contribution in [3.63, 3.8) is 0 Å². The van der Waals surface area contributed by atoms with E-state index >= 15 is 0 Å². The lowest BCUT2D eigenvalue weighted by Gasteiger charge is -2.17. The van der Waals surface area contributed by atoms with Crippen LogP contribution in [-0.4, -0.2) is 20.6 Å². The van der Waals surface area contributed by atoms with Crippen LogP contribution in [0.2, 0.25) is 5.02 Å². The summed E-state index contributed by atoms with van der Waals surface area (Å²) in [6.45, 7) is 5.94. The van der Waals surface area contributed by atoms with Crippen LogP contribution in [0.3, 0.4) is 0 Å².